The highest BCUT2D eigenvalue weighted by molar-refractivity contribution is 4.79. The molecule has 0 aliphatic carbocycles. The second kappa shape index (κ2) is 5.66. The zero-order valence-corrected chi connectivity index (χ0v) is 4.04. The summed E-state index contributed by atoms with van der Waals surface area (Å²) in [7, 11) is 0. The molecular weight excluding hydrogens is 92.1 g/mol. The van der Waals surface area contributed by atoms with Crippen molar-refractivity contribution in [1.29, 1.82) is 0 Å². The molecule has 0 rings (SSSR count). The van der Waals surface area contributed by atoms with E-state index in [0.29, 0.717) is 0 Å². The van der Waals surface area contributed by atoms with Gasteiger partial charge in [0.1, 0.15) is 0 Å². The molecule has 0 radical (unpaired) electrons. The van der Waals surface area contributed by atoms with E-state index in [4.69, 9.17) is 11.6 Å². The highest BCUT2D eigenvalue weighted by Crippen LogP contribution is 1.76. The molecule has 0 amide bonds. The van der Waals surface area contributed by atoms with Crippen molar-refractivity contribution < 1.29 is 11.6 Å². The monoisotopic (exact) mass is 104 g/mol. The van der Waals surface area contributed by atoms with Crippen molar-refractivity contribution in [1.82, 2.24) is 0 Å². The van der Waals surface area contributed by atoms with Crippen LogP contribution in [0.5, 0.6) is 0 Å². The quantitative estimate of drug-likeness (QED) is 0.491. The molecule has 0 aliphatic rings. The number of rotatable bonds is 3. The van der Waals surface area contributed by atoms with Gasteiger partial charge in [-0.05, 0) is 6.40 Å². The molecule has 0 heterocycles. The van der Waals surface area contributed by atoms with Crippen LogP contribution in [0.3, 0.4) is 0 Å². The zero-order valence-electron chi connectivity index (χ0n) is 5.04. The Hall–Kier alpha value is -0.340. The number of hydrogen-bond donors (Lipinski definition) is 2. The van der Waals surface area contributed by atoms with E-state index in [1.54, 1.807) is 0 Å². The van der Waals surface area contributed by atoms with Gasteiger partial charge in [0, 0.05) is 7.98 Å². The molecule has 7 heavy (non-hydrogen) atoms. The Morgan fingerprint density at radius 1 is 1.43 bits per heavy atom. The molecule has 0 spiro atoms. The SMILES string of the molecule is [3H]C(C=CCO)CO. The van der Waals surface area contributed by atoms with Crippen molar-refractivity contribution in [3.63, 3.8) is 0 Å². The predicted molar refractivity (Wildman–Crippen MR) is 27.9 cm³/mol. The van der Waals surface area contributed by atoms with Crippen molar-refractivity contribution in [2.45, 2.75) is 6.40 Å². The third-order valence-electron chi connectivity index (χ3n) is 0.483. The lowest BCUT2D eigenvalue weighted by molar-refractivity contribution is 0.301. The zero-order chi connectivity index (χ0) is 6.41. The van der Waals surface area contributed by atoms with Gasteiger partial charge in [-0.3, -0.25) is 0 Å². The first kappa shape index (κ1) is 4.81. The van der Waals surface area contributed by atoms with E-state index in [-0.39, 0.29) is 13.2 Å². The minimum atomic E-state index is -0.581. The van der Waals surface area contributed by atoms with Gasteiger partial charge in [-0.15, -0.1) is 0 Å². The van der Waals surface area contributed by atoms with E-state index in [1.165, 1.54) is 12.2 Å². The Balaban J connectivity index is 3.21. The second-order valence-electron chi connectivity index (χ2n) is 1.03. The van der Waals surface area contributed by atoms with Crippen LogP contribution in [0, 0.1) is 0 Å². The maximum absolute atomic E-state index is 8.24. The maximum atomic E-state index is 8.24. The van der Waals surface area contributed by atoms with Crippen LogP contribution < -0.4 is 0 Å². The fourth-order valence-electron chi connectivity index (χ4n) is 0.218. The molecule has 2 nitrogen and oxygen atoms in total. The molecule has 0 saturated carbocycles. The lowest BCUT2D eigenvalue weighted by Crippen LogP contribution is -1.76. The van der Waals surface area contributed by atoms with Crippen LogP contribution in [0.15, 0.2) is 12.2 Å². The summed E-state index contributed by atoms with van der Waals surface area (Å²) < 4.78 is 6.88. The first-order valence-corrected chi connectivity index (χ1v) is 2.12. The van der Waals surface area contributed by atoms with Crippen LogP contribution in [0.1, 0.15) is 7.77 Å². The fraction of sp³-hybridized carbons (Fsp3) is 0.600. The van der Waals surface area contributed by atoms with Gasteiger partial charge in [0.2, 0.25) is 0 Å². The standard InChI is InChI=1S/C5H10O2/c6-4-2-1-3-5-7/h1-2,6-7H,3-5H2/i3T. The van der Waals surface area contributed by atoms with Crippen LogP contribution in [0.4, 0.5) is 0 Å². The molecule has 0 aromatic rings. The second-order valence-corrected chi connectivity index (χ2v) is 1.03. The summed E-state index contributed by atoms with van der Waals surface area (Å²) in [5.74, 6) is 0. The maximum Gasteiger partial charge on any atom is 0.0612 e. The molecule has 42 valence electrons. The molecule has 1 unspecified atom stereocenters. The average Bonchev–Trinajstić information content (AvgIpc) is 1.83. The van der Waals surface area contributed by atoms with Crippen molar-refractivity contribution >= 4 is 0 Å². The van der Waals surface area contributed by atoms with Crippen LogP contribution in [-0.2, 0) is 0 Å². The first-order chi connectivity index (χ1) is 3.81. The van der Waals surface area contributed by atoms with Gasteiger partial charge in [0.05, 0.1) is 6.61 Å². The molecule has 2 N–H and O–H groups in total. The fourth-order valence-corrected chi connectivity index (χ4v) is 0.218. The molecule has 0 fully saturated rings. The van der Waals surface area contributed by atoms with Gasteiger partial charge >= 0.3 is 0 Å². The summed E-state index contributed by atoms with van der Waals surface area (Å²) in [6.07, 6.45) is 2.30. The number of hydrogen-bond acceptors (Lipinski definition) is 2. The van der Waals surface area contributed by atoms with Crippen LogP contribution in [0.25, 0.3) is 0 Å². The lowest BCUT2D eigenvalue weighted by atomic mass is 10.4. The minimum Gasteiger partial charge on any atom is -0.396 e. The van der Waals surface area contributed by atoms with Gasteiger partial charge in [-0.2, -0.15) is 0 Å². The van der Waals surface area contributed by atoms with Gasteiger partial charge in [0.25, 0.3) is 0 Å². The van der Waals surface area contributed by atoms with Crippen molar-refractivity contribution in [3.8, 4) is 0 Å². The molecule has 0 aromatic carbocycles. The summed E-state index contributed by atoms with van der Waals surface area (Å²) in [5.41, 5.74) is 0. The molecule has 0 bridgehead atoms. The molecule has 0 saturated heterocycles. The van der Waals surface area contributed by atoms with Crippen LogP contribution >= 0.6 is 0 Å². The van der Waals surface area contributed by atoms with Gasteiger partial charge in [-0.25, -0.2) is 0 Å². The van der Waals surface area contributed by atoms with Crippen molar-refractivity contribution in [2.75, 3.05) is 13.2 Å². The van der Waals surface area contributed by atoms with Crippen LogP contribution in [0.2, 0.25) is 0 Å². The van der Waals surface area contributed by atoms with E-state index in [2.05, 4.69) is 0 Å². The minimum absolute atomic E-state index is 0.0601. The van der Waals surface area contributed by atoms with Gasteiger partial charge < -0.3 is 10.2 Å². The van der Waals surface area contributed by atoms with Crippen molar-refractivity contribution in [3.05, 3.63) is 12.2 Å². The number of aliphatic hydroxyl groups is 2. The third kappa shape index (κ3) is 5.66. The van der Waals surface area contributed by atoms with E-state index in [0.717, 1.165) is 0 Å². The smallest absolute Gasteiger partial charge is 0.0612 e. The molecular formula is C5H10O2. The number of aliphatic hydroxyl groups excluding tert-OH is 2. The molecule has 0 aliphatic heterocycles. The Bertz CT molecular complexity index is 72.8. The van der Waals surface area contributed by atoms with Gasteiger partial charge in [-0.1, -0.05) is 12.2 Å². The Kier molecular flexibility index (Phi) is 3.89. The van der Waals surface area contributed by atoms with Crippen molar-refractivity contribution in [2.24, 2.45) is 0 Å². The summed E-state index contributed by atoms with van der Waals surface area (Å²) >= 11 is 0. The van der Waals surface area contributed by atoms with Gasteiger partial charge in [0.15, 0.2) is 0 Å². The Labute approximate surface area is 44.5 Å². The van der Waals surface area contributed by atoms with E-state index < -0.39 is 6.40 Å². The topological polar surface area (TPSA) is 40.5 Å². The first-order valence-electron chi connectivity index (χ1n) is 2.69. The lowest BCUT2D eigenvalue weighted by Gasteiger charge is -1.79. The average molecular weight is 104 g/mol. The van der Waals surface area contributed by atoms with E-state index in [1.807, 2.05) is 0 Å². The summed E-state index contributed by atoms with van der Waals surface area (Å²) in [6, 6.07) is 0. The van der Waals surface area contributed by atoms with E-state index in [9.17, 15) is 0 Å². The van der Waals surface area contributed by atoms with E-state index >= 15 is 0 Å². The largest absolute Gasteiger partial charge is 0.396 e. The summed E-state index contributed by atoms with van der Waals surface area (Å²) in [4.78, 5) is 0. The molecule has 2 heteroatoms. The summed E-state index contributed by atoms with van der Waals surface area (Å²) in [5, 5.41) is 16.4. The Morgan fingerprint density at radius 2 is 2.14 bits per heavy atom. The normalized spacial score (nSPS) is 17.1. The Morgan fingerprint density at radius 3 is 2.57 bits per heavy atom. The highest BCUT2D eigenvalue weighted by atomic mass is 16.3. The van der Waals surface area contributed by atoms with Crippen LogP contribution in [-0.4, -0.2) is 23.4 Å². The molecule has 1 atom stereocenters. The molecule has 0 aromatic heterocycles. The third-order valence-corrected chi connectivity index (χ3v) is 0.483. The summed E-state index contributed by atoms with van der Waals surface area (Å²) in [6.45, 7) is -0.244. The predicted octanol–water partition coefficient (Wildman–Crippen LogP) is -0.0827. The highest BCUT2D eigenvalue weighted by Gasteiger charge is 1.69.